The SMILES string of the molecule is C#CCOc1ccc([C@H](NC(=O)OC(C)(C)C)C(=O)O)cc1. The number of terminal acetylenes is 1. The van der Waals surface area contributed by atoms with Crippen molar-refractivity contribution in [3.05, 3.63) is 29.8 Å². The first-order valence-electron chi connectivity index (χ1n) is 6.61. The topological polar surface area (TPSA) is 84.9 Å². The van der Waals surface area contributed by atoms with E-state index in [1.54, 1.807) is 45.0 Å². The standard InChI is InChI=1S/C16H19NO5/c1-5-10-21-12-8-6-11(7-9-12)13(14(18)19)17-15(20)22-16(2,3)4/h1,6-9,13H,10H2,2-4H3,(H,17,20)(H,18,19)/t13-/m0/s1. The summed E-state index contributed by atoms with van der Waals surface area (Å²) in [4.78, 5) is 23.0. The van der Waals surface area contributed by atoms with Gasteiger partial charge in [0.25, 0.3) is 0 Å². The molecule has 2 N–H and O–H groups in total. The van der Waals surface area contributed by atoms with Gasteiger partial charge in [-0.3, -0.25) is 0 Å². The zero-order chi connectivity index (χ0) is 16.8. The second kappa shape index (κ2) is 7.36. The number of carbonyl (C=O) groups is 2. The summed E-state index contributed by atoms with van der Waals surface area (Å²) in [6, 6.07) is 5.04. The lowest BCUT2D eigenvalue weighted by atomic mass is 10.1. The molecule has 0 aliphatic carbocycles. The maximum atomic E-state index is 11.7. The molecule has 0 aromatic heterocycles. The van der Waals surface area contributed by atoms with Crippen LogP contribution in [0.3, 0.4) is 0 Å². The van der Waals surface area contributed by atoms with E-state index in [2.05, 4.69) is 11.2 Å². The van der Waals surface area contributed by atoms with Gasteiger partial charge in [-0.05, 0) is 38.5 Å². The van der Waals surface area contributed by atoms with Crippen LogP contribution in [0.25, 0.3) is 0 Å². The largest absolute Gasteiger partial charge is 0.481 e. The number of carbonyl (C=O) groups excluding carboxylic acids is 1. The molecule has 1 amide bonds. The molecule has 1 rings (SSSR count). The van der Waals surface area contributed by atoms with E-state index in [0.29, 0.717) is 11.3 Å². The second-order valence-corrected chi connectivity index (χ2v) is 5.48. The molecule has 0 heterocycles. The Balaban J connectivity index is 2.81. The zero-order valence-corrected chi connectivity index (χ0v) is 12.8. The fourth-order valence-corrected chi connectivity index (χ4v) is 1.59. The van der Waals surface area contributed by atoms with Gasteiger partial charge in [-0.2, -0.15) is 0 Å². The van der Waals surface area contributed by atoms with Crippen molar-refractivity contribution in [1.29, 1.82) is 0 Å². The van der Waals surface area contributed by atoms with Gasteiger partial charge in [-0.25, -0.2) is 9.59 Å². The van der Waals surface area contributed by atoms with Gasteiger partial charge in [0.05, 0.1) is 0 Å². The summed E-state index contributed by atoms with van der Waals surface area (Å²) < 4.78 is 10.3. The van der Waals surface area contributed by atoms with Crippen LogP contribution in [-0.4, -0.2) is 29.4 Å². The van der Waals surface area contributed by atoms with Crippen LogP contribution in [0.1, 0.15) is 32.4 Å². The molecule has 0 spiro atoms. The number of alkyl carbamates (subject to hydrolysis) is 1. The average Bonchev–Trinajstić information content (AvgIpc) is 2.41. The molecule has 1 aromatic carbocycles. The van der Waals surface area contributed by atoms with E-state index in [4.69, 9.17) is 15.9 Å². The van der Waals surface area contributed by atoms with Crippen LogP contribution in [0.15, 0.2) is 24.3 Å². The average molecular weight is 305 g/mol. The van der Waals surface area contributed by atoms with E-state index in [1.807, 2.05) is 0 Å². The fraction of sp³-hybridized carbons (Fsp3) is 0.375. The summed E-state index contributed by atoms with van der Waals surface area (Å²) in [6.07, 6.45) is 4.29. The Hall–Kier alpha value is -2.68. The highest BCUT2D eigenvalue weighted by molar-refractivity contribution is 5.81. The van der Waals surface area contributed by atoms with Gasteiger partial charge in [0.1, 0.15) is 18.0 Å². The molecule has 1 aromatic rings. The summed E-state index contributed by atoms with van der Waals surface area (Å²) in [7, 11) is 0. The van der Waals surface area contributed by atoms with Crippen molar-refractivity contribution in [2.24, 2.45) is 0 Å². The molecular weight excluding hydrogens is 286 g/mol. The third kappa shape index (κ3) is 5.75. The van der Waals surface area contributed by atoms with Crippen molar-refractivity contribution in [2.45, 2.75) is 32.4 Å². The smallest absolute Gasteiger partial charge is 0.408 e. The number of aliphatic carboxylic acids is 1. The predicted molar refractivity (Wildman–Crippen MR) is 80.5 cm³/mol. The molecule has 118 valence electrons. The first-order valence-corrected chi connectivity index (χ1v) is 6.61. The predicted octanol–water partition coefficient (Wildman–Crippen LogP) is 2.35. The summed E-state index contributed by atoms with van der Waals surface area (Å²) in [5.74, 6) is 1.65. The maximum absolute atomic E-state index is 11.7. The van der Waals surface area contributed by atoms with E-state index < -0.39 is 23.7 Å². The third-order valence-electron chi connectivity index (χ3n) is 2.44. The van der Waals surface area contributed by atoms with Crippen LogP contribution in [-0.2, 0) is 9.53 Å². The molecule has 0 saturated heterocycles. The fourth-order valence-electron chi connectivity index (χ4n) is 1.59. The van der Waals surface area contributed by atoms with Crippen molar-refractivity contribution in [1.82, 2.24) is 5.32 Å². The van der Waals surface area contributed by atoms with Gasteiger partial charge in [0, 0.05) is 0 Å². The van der Waals surface area contributed by atoms with Gasteiger partial charge in [-0.1, -0.05) is 18.1 Å². The van der Waals surface area contributed by atoms with Crippen molar-refractivity contribution < 1.29 is 24.2 Å². The van der Waals surface area contributed by atoms with E-state index in [-0.39, 0.29) is 6.61 Å². The Labute approximate surface area is 129 Å². The highest BCUT2D eigenvalue weighted by Gasteiger charge is 2.25. The lowest BCUT2D eigenvalue weighted by molar-refractivity contribution is -0.139. The van der Waals surface area contributed by atoms with Gasteiger partial charge in [0.15, 0.2) is 6.04 Å². The number of carboxylic acids is 1. The van der Waals surface area contributed by atoms with Crippen molar-refractivity contribution in [3.8, 4) is 18.1 Å². The Morgan fingerprint density at radius 1 is 1.32 bits per heavy atom. The van der Waals surface area contributed by atoms with Crippen molar-refractivity contribution in [3.63, 3.8) is 0 Å². The number of hydrogen-bond acceptors (Lipinski definition) is 4. The van der Waals surface area contributed by atoms with Crippen LogP contribution in [0.4, 0.5) is 4.79 Å². The summed E-state index contributed by atoms with van der Waals surface area (Å²) >= 11 is 0. The lowest BCUT2D eigenvalue weighted by Crippen LogP contribution is -2.38. The molecule has 0 saturated carbocycles. The highest BCUT2D eigenvalue weighted by Crippen LogP contribution is 2.19. The number of rotatable bonds is 5. The highest BCUT2D eigenvalue weighted by atomic mass is 16.6. The Bertz CT molecular complexity index is 566. The minimum atomic E-state index is -1.21. The van der Waals surface area contributed by atoms with E-state index >= 15 is 0 Å². The van der Waals surface area contributed by atoms with Crippen molar-refractivity contribution >= 4 is 12.1 Å². The Morgan fingerprint density at radius 2 is 1.91 bits per heavy atom. The first-order chi connectivity index (χ1) is 10.2. The molecule has 0 aliphatic rings. The van der Waals surface area contributed by atoms with E-state index in [9.17, 15) is 14.7 Å². The van der Waals surface area contributed by atoms with Gasteiger partial charge in [-0.15, -0.1) is 6.42 Å². The molecule has 0 radical (unpaired) electrons. The number of nitrogens with one attached hydrogen (secondary N) is 1. The monoisotopic (exact) mass is 305 g/mol. The summed E-state index contributed by atoms with van der Waals surface area (Å²) in [5.41, 5.74) is -0.313. The van der Waals surface area contributed by atoms with Gasteiger partial charge < -0.3 is 19.9 Å². The second-order valence-electron chi connectivity index (χ2n) is 5.48. The number of hydrogen-bond donors (Lipinski definition) is 2. The zero-order valence-electron chi connectivity index (χ0n) is 12.8. The first kappa shape index (κ1) is 17.4. The molecule has 6 heteroatoms. The minimum absolute atomic E-state index is 0.123. The molecule has 0 aliphatic heterocycles. The number of amides is 1. The van der Waals surface area contributed by atoms with Gasteiger partial charge in [0.2, 0.25) is 0 Å². The van der Waals surface area contributed by atoms with Crippen LogP contribution < -0.4 is 10.1 Å². The number of carboxylic acid groups (broad SMARTS) is 1. The van der Waals surface area contributed by atoms with Crippen LogP contribution in [0.2, 0.25) is 0 Å². The molecular formula is C16H19NO5. The van der Waals surface area contributed by atoms with Gasteiger partial charge >= 0.3 is 12.1 Å². The number of benzene rings is 1. The maximum Gasteiger partial charge on any atom is 0.408 e. The molecule has 6 nitrogen and oxygen atoms in total. The van der Waals surface area contributed by atoms with Crippen LogP contribution >= 0.6 is 0 Å². The number of ether oxygens (including phenoxy) is 2. The van der Waals surface area contributed by atoms with Crippen LogP contribution in [0.5, 0.6) is 5.75 Å². The Kier molecular flexibility index (Phi) is 5.81. The molecule has 22 heavy (non-hydrogen) atoms. The normalized spacial score (nSPS) is 11.9. The summed E-state index contributed by atoms with van der Waals surface area (Å²) in [5, 5.41) is 11.6. The quantitative estimate of drug-likeness (QED) is 0.816. The lowest BCUT2D eigenvalue weighted by Gasteiger charge is -2.22. The third-order valence-corrected chi connectivity index (χ3v) is 2.44. The van der Waals surface area contributed by atoms with Crippen molar-refractivity contribution in [2.75, 3.05) is 6.61 Å². The van der Waals surface area contributed by atoms with E-state index in [0.717, 1.165) is 0 Å². The molecule has 0 fully saturated rings. The molecule has 0 unspecified atom stereocenters. The molecule has 0 bridgehead atoms. The minimum Gasteiger partial charge on any atom is -0.481 e. The van der Waals surface area contributed by atoms with E-state index in [1.165, 1.54) is 0 Å². The summed E-state index contributed by atoms with van der Waals surface area (Å²) in [6.45, 7) is 5.21. The van der Waals surface area contributed by atoms with Crippen LogP contribution in [0, 0.1) is 12.3 Å². The molecule has 1 atom stereocenters. The Morgan fingerprint density at radius 3 is 2.36 bits per heavy atom.